The van der Waals surface area contributed by atoms with Crippen molar-refractivity contribution in [2.24, 2.45) is 75.2 Å². The number of benzene rings is 2. The highest BCUT2D eigenvalue weighted by molar-refractivity contribution is 5.92. The van der Waals surface area contributed by atoms with Crippen LogP contribution in [0.4, 0.5) is 0 Å². The molecule has 5 heteroatoms. The third-order valence-corrected chi connectivity index (χ3v) is 22.6. The molecule has 0 aliphatic heterocycles. The summed E-state index contributed by atoms with van der Waals surface area (Å²) in [4.78, 5) is 17.9. The van der Waals surface area contributed by atoms with Gasteiger partial charge >= 0.3 is 0 Å². The van der Waals surface area contributed by atoms with Crippen molar-refractivity contribution < 1.29 is 19.8 Å². The van der Waals surface area contributed by atoms with Crippen molar-refractivity contribution in [2.75, 3.05) is 7.11 Å². The Labute approximate surface area is 386 Å². The highest BCUT2D eigenvalue weighted by Crippen LogP contribution is 2.66. The van der Waals surface area contributed by atoms with E-state index in [0.29, 0.717) is 41.0 Å². The maximum absolute atomic E-state index is 12.7. The Morgan fingerprint density at radius 1 is 0.547 bits per heavy atom. The fraction of sp³-hybridized carbons (Fsp3) is 0.763. The maximum Gasteiger partial charge on any atom is 0.139 e. The molecule has 16 rings (SSSR count). The topological polar surface area (TPSA) is 79.1 Å². The molecule has 64 heavy (non-hydrogen) atoms. The summed E-state index contributed by atoms with van der Waals surface area (Å²) < 4.78 is 0. The fourth-order valence-corrected chi connectivity index (χ4v) is 20.8. The average molecular weight is 870 g/mol. The normalized spacial score (nSPS) is 46.3. The Bertz CT molecular complexity index is 2150. The number of nitrogens with zero attached hydrogens (tertiary/aromatic N) is 1. The average Bonchev–Trinajstić information content (AvgIpc) is 3.73. The van der Waals surface area contributed by atoms with Gasteiger partial charge in [-0.25, -0.2) is 0 Å². The molecular formula is C59H83NO4. The number of hydrogen-bond donors (Lipinski definition) is 2. The molecule has 5 nitrogen and oxygen atoms in total. The molecule has 2 N–H and O–H groups in total. The van der Waals surface area contributed by atoms with E-state index in [0.717, 1.165) is 85.9 Å². The fourth-order valence-electron chi connectivity index (χ4n) is 20.8. The number of phenolic OH excluding ortho intramolecular Hbond substituents is 2. The summed E-state index contributed by atoms with van der Waals surface area (Å²) in [6.07, 6.45) is 30.4. The zero-order valence-corrected chi connectivity index (χ0v) is 38.4. The van der Waals surface area contributed by atoms with E-state index in [-0.39, 0.29) is 36.5 Å². The number of oxime groups is 1. The molecular weight excluding hydrogens is 787 g/mol. The van der Waals surface area contributed by atoms with Crippen LogP contribution < -0.4 is 0 Å². The summed E-state index contributed by atoms with van der Waals surface area (Å²) in [5.74, 6) is 11.3. The molecule has 14 aliphatic rings. The maximum atomic E-state index is 12.7. The van der Waals surface area contributed by atoms with Crippen LogP contribution in [0.1, 0.15) is 215 Å². The third kappa shape index (κ3) is 6.31. The first kappa shape index (κ1) is 43.7. The van der Waals surface area contributed by atoms with Gasteiger partial charge < -0.3 is 15.1 Å². The van der Waals surface area contributed by atoms with Crippen LogP contribution in [0.5, 0.6) is 11.5 Å². The quantitative estimate of drug-likeness (QED) is 0.301. The Morgan fingerprint density at radius 3 is 1.39 bits per heavy atom. The van der Waals surface area contributed by atoms with Crippen molar-refractivity contribution in [2.45, 2.75) is 205 Å². The minimum Gasteiger partial charge on any atom is -0.508 e. The number of rotatable bonds is 3. The number of carbonyl (C=O) groups is 1. The predicted octanol–water partition coefficient (Wildman–Crippen LogP) is 14.3. The minimum atomic E-state index is -0.0433. The molecule has 0 radical (unpaired) electrons. The molecule has 8 atom stereocenters. The van der Waals surface area contributed by atoms with Gasteiger partial charge in [0.05, 0.1) is 5.71 Å². The van der Waals surface area contributed by atoms with E-state index in [1.807, 2.05) is 0 Å². The molecule has 2 aromatic rings. The minimum absolute atomic E-state index is 0. The molecule has 0 aromatic heterocycles. The van der Waals surface area contributed by atoms with Crippen LogP contribution in [-0.4, -0.2) is 28.8 Å². The van der Waals surface area contributed by atoms with Crippen molar-refractivity contribution >= 4 is 11.5 Å². The van der Waals surface area contributed by atoms with Crippen molar-refractivity contribution in [1.82, 2.24) is 0 Å². The Hall–Kier alpha value is -2.82. The van der Waals surface area contributed by atoms with Gasteiger partial charge in [0.2, 0.25) is 0 Å². The van der Waals surface area contributed by atoms with Crippen LogP contribution in [0.15, 0.2) is 29.4 Å². The lowest BCUT2D eigenvalue weighted by Gasteiger charge is -2.57. The standard InChI is InChI=1S/C29H39NO2.C28H36O2.2CH4/c1-28-8-7-21-22(24(28)5-6-27(28)30-32-2)4-3-20-12-26(31)25(13-23(20)21)29-14-17-9-18(15-29)11-19(10-17)16-29;1-27-7-6-20-21(23(27)4-5-26(27)30)3-2-19-11-25(29)24(12-22(19)20)28-13-16-8-17(14-28)10-18(9-16)15-28;;/h12-13,17-19,21-22,24,31H,3-11,14-16H2,1-2H3;11-12,16-18,20-21,23,29H,2-10,13-15H2,1H3;2*1H4/b30-27+;;;/t17?,18?,19?,21?,22?,24?,28-,29?;16?,17?,18?,20?,21?,23?,27-,28?;;/m00../s1. The molecule has 0 heterocycles. The lowest BCUT2D eigenvalue weighted by atomic mass is 9.47. The smallest absolute Gasteiger partial charge is 0.139 e. The van der Waals surface area contributed by atoms with Crippen LogP contribution in [0.2, 0.25) is 0 Å². The van der Waals surface area contributed by atoms with Gasteiger partial charge in [0, 0.05) is 28.4 Å². The second-order valence-electron chi connectivity index (χ2n) is 25.5. The zero-order chi connectivity index (χ0) is 41.9. The summed E-state index contributed by atoms with van der Waals surface area (Å²) in [6, 6.07) is 9.44. The summed E-state index contributed by atoms with van der Waals surface area (Å²) in [7, 11) is 1.70. The third-order valence-electron chi connectivity index (χ3n) is 22.6. The molecule has 12 fully saturated rings. The van der Waals surface area contributed by atoms with Crippen molar-refractivity contribution in [3.05, 3.63) is 57.6 Å². The van der Waals surface area contributed by atoms with Crippen LogP contribution >= 0.6 is 0 Å². The summed E-state index contributed by atoms with van der Waals surface area (Å²) >= 11 is 0. The molecule has 2 aromatic carbocycles. The molecule has 6 unspecified atom stereocenters. The van der Waals surface area contributed by atoms with Gasteiger partial charge in [0.1, 0.15) is 24.4 Å². The molecule has 8 bridgehead atoms. The van der Waals surface area contributed by atoms with Gasteiger partial charge in [-0.15, -0.1) is 0 Å². The lowest BCUT2D eigenvalue weighted by molar-refractivity contribution is -0.129. The van der Waals surface area contributed by atoms with Crippen LogP contribution in [0.25, 0.3) is 0 Å². The highest BCUT2D eigenvalue weighted by atomic mass is 16.6. The zero-order valence-electron chi connectivity index (χ0n) is 38.4. The number of hydrogen-bond acceptors (Lipinski definition) is 5. The van der Waals surface area contributed by atoms with Crippen molar-refractivity contribution in [3.8, 4) is 11.5 Å². The van der Waals surface area contributed by atoms with Crippen LogP contribution in [-0.2, 0) is 33.3 Å². The van der Waals surface area contributed by atoms with Gasteiger partial charge in [-0.1, -0.05) is 46.0 Å². The molecule has 0 saturated heterocycles. The summed E-state index contributed by atoms with van der Waals surface area (Å²) in [6.45, 7) is 4.74. The second-order valence-corrected chi connectivity index (χ2v) is 25.5. The van der Waals surface area contributed by atoms with E-state index in [9.17, 15) is 15.0 Å². The summed E-state index contributed by atoms with van der Waals surface area (Å²) in [5.41, 5.74) is 10.7. The van der Waals surface area contributed by atoms with Crippen LogP contribution in [0.3, 0.4) is 0 Å². The van der Waals surface area contributed by atoms with E-state index >= 15 is 0 Å². The second kappa shape index (κ2) is 15.3. The number of fused-ring (bicyclic) bond motifs is 10. The number of carbonyl (C=O) groups excluding carboxylic acids is 1. The van der Waals surface area contributed by atoms with E-state index in [1.54, 1.807) is 18.2 Å². The molecule has 12 saturated carbocycles. The van der Waals surface area contributed by atoms with E-state index in [2.05, 4.69) is 43.3 Å². The number of ketones is 1. The van der Waals surface area contributed by atoms with Gasteiger partial charge in [0.15, 0.2) is 0 Å². The van der Waals surface area contributed by atoms with Crippen molar-refractivity contribution in [1.29, 1.82) is 0 Å². The first-order valence-corrected chi connectivity index (χ1v) is 26.3. The Kier molecular flexibility index (Phi) is 10.5. The SMILES string of the molecule is C.C.CO/N=C1\CCC2C3CCc4cc(O)c(C56CC7CC(CC(C7)C5)C6)cc4C3CC[C@]12C.C[C@]12CCC3c4cc(C56CC7CC(CC(C7)C5)C6)c(O)cc4CCC3C1CCC2=O. The number of phenols is 2. The number of aromatic hydroxyl groups is 2. The first-order valence-electron chi connectivity index (χ1n) is 26.3. The Morgan fingerprint density at radius 2 is 0.953 bits per heavy atom. The van der Waals surface area contributed by atoms with Gasteiger partial charge in [-0.05, 0) is 264 Å². The van der Waals surface area contributed by atoms with Gasteiger partial charge in [0.25, 0.3) is 0 Å². The summed E-state index contributed by atoms with van der Waals surface area (Å²) in [5, 5.41) is 27.0. The monoisotopic (exact) mass is 870 g/mol. The largest absolute Gasteiger partial charge is 0.508 e. The van der Waals surface area contributed by atoms with E-state index in [4.69, 9.17) is 4.84 Å². The van der Waals surface area contributed by atoms with Crippen LogP contribution in [0, 0.1) is 70.0 Å². The predicted molar refractivity (Wildman–Crippen MR) is 258 cm³/mol. The molecule has 0 amide bonds. The van der Waals surface area contributed by atoms with E-state index < -0.39 is 0 Å². The Balaban J connectivity index is 0.000000139. The first-order chi connectivity index (χ1) is 29.9. The number of Topliss-reactive ketones (excluding diaryl/α,β-unsaturated/α-hetero) is 1. The van der Waals surface area contributed by atoms with Crippen molar-refractivity contribution in [3.63, 3.8) is 0 Å². The lowest BCUT2D eigenvalue weighted by Crippen LogP contribution is -2.48. The van der Waals surface area contributed by atoms with Gasteiger partial charge in [-0.2, -0.15) is 0 Å². The number of aryl methyl sites for hydroxylation is 2. The molecule has 0 spiro atoms. The molecule has 14 aliphatic carbocycles. The molecule has 348 valence electrons. The van der Waals surface area contributed by atoms with Gasteiger partial charge in [-0.3, -0.25) is 4.79 Å². The highest BCUT2D eigenvalue weighted by Gasteiger charge is 2.58. The van der Waals surface area contributed by atoms with E-state index in [1.165, 1.54) is 144 Å².